The van der Waals surface area contributed by atoms with Crippen LogP contribution >= 0.6 is 0 Å². The molecule has 6 heteroatoms. The lowest BCUT2D eigenvalue weighted by atomic mass is 10.1. The first-order valence-electron chi connectivity index (χ1n) is 7.48. The molecule has 0 fully saturated rings. The first-order chi connectivity index (χ1) is 11.6. The summed E-state index contributed by atoms with van der Waals surface area (Å²) in [5, 5.41) is 7.15. The highest BCUT2D eigenvalue weighted by Gasteiger charge is 2.08. The number of hydrogen-bond donors (Lipinski definition) is 2. The molecule has 0 saturated carbocycles. The number of nitrogens with zero attached hydrogens (tertiary/aromatic N) is 1. The predicted octanol–water partition coefficient (Wildman–Crippen LogP) is 2.66. The van der Waals surface area contributed by atoms with Gasteiger partial charge in [-0.3, -0.25) is 4.79 Å². The fourth-order valence-electron chi connectivity index (χ4n) is 2.08. The Morgan fingerprint density at radius 3 is 2.50 bits per heavy atom. The zero-order valence-electron chi connectivity index (χ0n) is 14.0. The van der Waals surface area contributed by atoms with Crippen molar-refractivity contribution in [2.45, 2.75) is 6.92 Å². The standard InChI is InChI=1S/C18H21N3O3/c1-13(16-10-9-15(23-2)11-17(16)24-3)20-21-18(22)12-19-14-7-5-4-6-8-14/h4-11,19H,12H2,1-3H3,(H,21,22)/b20-13-. The Kier molecular flexibility index (Phi) is 6.19. The third-order valence-electron chi connectivity index (χ3n) is 3.37. The molecule has 0 aliphatic heterocycles. The molecule has 1 amide bonds. The van der Waals surface area contributed by atoms with E-state index in [9.17, 15) is 4.79 Å². The van der Waals surface area contributed by atoms with Crippen molar-refractivity contribution in [2.24, 2.45) is 5.10 Å². The van der Waals surface area contributed by atoms with E-state index in [0.717, 1.165) is 11.3 Å². The highest BCUT2D eigenvalue weighted by atomic mass is 16.5. The van der Waals surface area contributed by atoms with Gasteiger partial charge in [-0.15, -0.1) is 0 Å². The largest absolute Gasteiger partial charge is 0.497 e. The van der Waals surface area contributed by atoms with Gasteiger partial charge in [0.05, 0.1) is 26.5 Å². The molecular formula is C18H21N3O3. The summed E-state index contributed by atoms with van der Waals surface area (Å²) in [5.41, 5.74) is 4.84. The molecule has 0 bridgehead atoms. The summed E-state index contributed by atoms with van der Waals surface area (Å²) < 4.78 is 10.5. The lowest BCUT2D eigenvalue weighted by Crippen LogP contribution is -2.26. The summed E-state index contributed by atoms with van der Waals surface area (Å²) in [4.78, 5) is 11.9. The fraction of sp³-hybridized carbons (Fsp3) is 0.222. The number of hydrazone groups is 1. The molecule has 0 atom stereocenters. The normalized spacial score (nSPS) is 10.9. The molecule has 0 saturated heterocycles. The van der Waals surface area contributed by atoms with Crippen LogP contribution in [0.3, 0.4) is 0 Å². The van der Waals surface area contributed by atoms with Gasteiger partial charge in [-0.05, 0) is 31.2 Å². The van der Waals surface area contributed by atoms with E-state index in [-0.39, 0.29) is 12.5 Å². The Bertz CT molecular complexity index is 715. The van der Waals surface area contributed by atoms with Gasteiger partial charge in [0.1, 0.15) is 11.5 Å². The molecule has 0 unspecified atom stereocenters. The Hall–Kier alpha value is -3.02. The van der Waals surface area contributed by atoms with Gasteiger partial charge >= 0.3 is 0 Å². The molecule has 126 valence electrons. The molecule has 2 aromatic rings. The molecule has 2 rings (SSSR count). The van der Waals surface area contributed by atoms with Gasteiger partial charge in [0, 0.05) is 17.3 Å². The minimum absolute atomic E-state index is 0.139. The average molecular weight is 327 g/mol. The number of amides is 1. The van der Waals surface area contributed by atoms with Crippen molar-refractivity contribution >= 4 is 17.3 Å². The second-order valence-electron chi connectivity index (χ2n) is 5.02. The van der Waals surface area contributed by atoms with Gasteiger partial charge < -0.3 is 14.8 Å². The smallest absolute Gasteiger partial charge is 0.259 e. The highest BCUT2D eigenvalue weighted by Crippen LogP contribution is 2.24. The molecule has 24 heavy (non-hydrogen) atoms. The number of anilines is 1. The third kappa shape index (κ3) is 4.74. The van der Waals surface area contributed by atoms with E-state index in [2.05, 4.69) is 15.8 Å². The van der Waals surface area contributed by atoms with Crippen LogP contribution in [0.1, 0.15) is 12.5 Å². The fourth-order valence-corrected chi connectivity index (χ4v) is 2.08. The Balaban J connectivity index is 1.97. The molecule has 0 aliphatic carbocycles. The van der Waals surface area contributed by atoms with Gasteiger partial charge in [0.15, 0.2) is 0 Å². The van der Waals surface area contributed by atoms with Gasteiger partial charge in [0.2, 0.25) is 0 Å². The first-order valence-corrected chi connectivity index (χ1v) is 7.48. The van der Waals surface area contributed by atoms with E-state index in [4.69, 9.17) is 9.47 Å². The minimum atomic E-state index is -0.231. The van der Waals surface area contributed by atoms with E-state index in [1.807, 2.05) is 42.5 Å². The maximum Gasteiger partial charge on any atom is 0.259 e. The summed E-state index contributed by atoms with van der Waals surface area (Å²) in [7, 11) is 3.17. The topological polar surface area (TPSA) is 72.0 Å². The third-order valence-corrected chi connectivity index (χ3v) is 3.37. The molecule has 0 aromatic heterocycles. The molecule has 6 nitrogen and oxygen atoms in total. The maximum atomic E-state index is 11.9. The van der Waals surface area contributed by atoms with Crippen LogP contribution in [0.5, 0.6) is 11.5 Å². The molecule has 0 aliphatic rings. The van der Waals surface area contributed by atoms with Crippen molar-refractivity contribution in [2.75, 3.05) is 26.1 Å². The summed E-state index contributed by atoms with van der Waals surface area (Å²) in [6.45, 7) is 1.94. The van der Waals surface area contributed by atoms with Gasteiger partial charge in [-0.25, -0.2) is 5.43 Å². The van der Waals surface area contributed by atoms with Crippen LogP contribution in [-0.4, -0.2) is 32.4 Å². The zero-order valence-corrected chi connectivity index (χ0v) is 14.0. The van der Waals surface area contributed by atoms with Crippen molar-refractivity contribution in [3.63, 3.8) is 0 Å². The summed E-state index contributed by atoms with van der Waals surface area (Å²) in [6, 6.07) is 14.9. The van der Waals surface area contributed by atoms with Crippen LogP contribution in [0, 0.1) is 0 Å². The van der Waals surface area contributed by atoms with Crippen LogP contribution in [0.25, 0.3) is 0 Å². The van der Waals surface area contributed by atoms with Crippen molar-refractivity contribution in [3.05, 3.63) is 54.1 Å². The Morgan fingerprint density at radius 1 is 1.08 bits per heavy atom. The summed E-state index contributed by atoms with van der Waals surface area (Å²) in [6.07, 6.45) is 0. The molecule has 0 radical (unpaired) electrons. The second-order valence-corrected chi connectivity index (χ2v) is 5.02. The number of para-hydroxylation sites is 1. The van der Waals surface area contributed by atoms with Crippen LogP contribution < -0.4 is 20.2 Å². The van der Waals surface area contributed by atoms with Crippen LogP contribution in [-0.2, 0) is 4.79 Å². The Morgan fingerprint density at radius 2 is 1.83 bits per heavy atom. The summed E-state index contributed by atoms with van der Waals surface area (Å²) >= 11 is 0. The number of hydrogen-bond acceptors (Lipinski definition) is 5. The van der Waals surface area contributed by atoms with Gasteiger partial charge in [0.25, 0.3) is 5.91 Å². The molecular weight excluding hydrogens is 306 g/mol. The maximum absolute atomic E-state index is 11.9. The van der Waals surface area contributed by atoms with E-state index >= 15 is 0 Å². The van der Waals surface area contributed by atoms with Crippen LogP contribution in [0.4, 0.5) is 5.69 Å². The predicted molar refractivity (Wildman–Crippen MR) is 94.8 cm³/mol. The Labute approximate surface area is 141 Å². The lowest BCUT2D eigenvalue weighted by molar-refractivity contribution is -0.119. The lowest BCUT2D eigenvalue weighted by Gasteiger charge is -2.10. The van der Waals surface area contributed by atoms with Gasteiger partial charge in [-0.1, -0.05) is 18.2 Å². The quantitative estimate of drug-likeness (QED) is 0.606. The van der Waals surface area contributed by atoms with Crippen molar-refractivity contribution < 1.29 is 14.3 Å². The van der Waals surface area contributed by atoms with Gasteiger partial charge in [-0.2, -0.15) is 5.10 Å². The van der Waals surface area contributed by atoms with Crippen molar-refractivity contribution in [3.8, 4) is 11.5 Å². The molecule has 0 heterocycles. The van der Waals surface area contributed by atoms with E-state index in [0.29, 0.717) is 17.2 Å². The number of rotatable bonds is 7. The number of carbonyl (C=O) groups excluding carboxylic acids is 1. The average Bonchev–Trinajstić information content (AvgIpc) is 2.64. The van der Waals surface area contributed by atoms with Crippen molar-refractivity contribution in [1.29, 1.82) is 0 Å². The van der Waals surface area contributed by atoms with E-state index in [1.165, 1.54) is 0 Å². The van der Waals surface area contributed by atoms with Crippen LogP contribution in [0.15, 0.2) is 53.6 Å². The summed E-state index contributed by atoms with van der Waals surface area (Å²) in [5.74, 6) is 1.09. The zero-order chi connectivity index (χ0) is 17.4. The van der Waals surface area contributed by atoms with E-state index < -0.39 is 0 Å². The molecule has 0 spiro atoms. The second kappa shape index (κ2) is 8.57. The molecule has 2 N–H and O–H groups in total. The SMILES string of the molecule is COc1ccc(/C(C)=N\NC(=O)CNc2ccccc2)c(OC)c1. The number of methoxy groups -OCH3 is 2. The minimum Gasteiger partial charge on any atom is -0.497 e. The van der Waals surface area contributed by atoms with Crippen LogP contribution in [0.2, 0.25) is 0 Å². The first kappa shape index (κ1) is 17.3. The van der Waals surface area contributed by atoms with E-state index in [1.54, 1.807) is 27.2 Å². The molecule has 2 aromatic carbocycles. The monoisotopic (exact) mass is 327 g/mol. The highest BCUT2D eigenvalue weighted by molar-refractivity contribution is 6.01. The number of benzene rings is 2. The van der Waals surface area contributed by atoms with Crippen molar-refractivity contribution in [1.82, 2.24) is 5.43 Å². The number of nitrogens with one attached hydrogen (secondary N) is 2. The number of ether oxygens (including phenoxy) is 2. The number of carbonyl (C=O) groups is 1.